The van der Waals surface area contributed by atoms with Gasteiger partial charge in [0.05, 0.1) is 28.6 Å². The Bertz CT molecular complexity index is 2480. The van der Waals surface area contributed by atoms with Crippen LogP contribution >= 0.6 is 11.8 Å². The van der Waals surface area contributed by atoms with Gasteiger partial charge in [-0.15, -0.1) is 15.3 Å². The topological polar surface area (TPSA) is 356 Å². The minimum absolute atomic E-state index is 0.0217. The van der Waals surface area contributed by atoms with Crippen molar-refractivity contribution in [1.82, 2.24) is 5.32 Å². The van der Waals surface area contributed by atoms with Gasteiger partial charge in [-0.25, -0.2) is 8.42 Å². The SMILES string of the molecule is CCOCCCS(=O)(=O)CCNC(=O)c1cccc(N=Nc2c(N)c(N=Nc3ccc(SC#COOS(=O)(=O)O)cc3S(=O)(=O)O)cc(S(=O)(=O)O)c2N)c1. The maximum Gasteiger partial charge on any atom is 0.433 e. The molecule has 0 bridgehead atoms. The molecule has 0 aromatic heterocycles. The minimum Gasteiger partial charge on any atom is -0.396 e. The van der Waals surface area contributed by atoms with E-state index in [1.807, 2.05) is 0 Å². The van der Waals surface area contributed by atoms with Crippen molar-refractivity contribution in [3.63, 3.8) is 0 Å². The summed E-state index contributed by atoms with van der Waals surface area (Å²) in [5, 5.41) is 20.0. The van der Waals surface area contributed by atoms with Gasteiger partial charge >= 0.3 is 10.4 Å². The van der Waals surface area contributed by atoms with E-state index in [2.05, 4.69) is 40.2 Å². The summed E-state index contributed by atoms with van der Waals surface area (Å²) in [5.41, 5.74) is 9.48. The van der Waals surface area contributed by atoms with E-state index in [4.69, 9.17) is 20.8 Å². The summed E-state index contributed by atoms with van der Waals surface area (Å²) in [4.78, 5) is 14.9. The second-order valence-corrected chi connectivity index (χ2v) is 17.4. The summed E-state index contributed by atoms with van der Waals surface area (Å²) >= 11 is 0.559. The Labute approximate surface area is 319 Å². The summed E-state index contributed by atoms with van der Waals surface area (Å²) < 4.78 is 131. The molecule has 0 aliphatic carbocycles. The Balaban J connectivity index is 1.89. The van der Waals surface area contributed by atoms with Crippen molar-refractivity contribution in [2.45, 2.75) is 28.0 Å². The van der Waals surface area contributed by atoms with Gasteiger partial charge in [-0.1, -0.05) is 6.07 Å². The molecule has 55 heavy (non-hydrogen) atoms. The average Bonchev–Trinajstić information content (AvgIpc) is 3.08. The van der Waals surface area contributed by atoms with Crippen molar-refractivity contribution in [3.05, 3.63) is 54.1 Å². The molecule has 8 N–H and O–H groups in total. The molecule has 0 heterocycles. The van der Waals surface area contributed by atoms with E-state index in [0.717, 1.165) is 12.1 Å². The van der Waals surface area contributed by atoms with Crippen LogP contribution in [0.25, 0.3) is 0 Å². The first-order valence-electron chi connectivity index (χ1n) is 14.9. The van der Waals surface area contributed by atoms with E-state index in [9.17, 15) is 47.6 Å². The van der Waals surface area contributed by atoms with E-state index < -0.39 is 84.6 Å². The Morgan fingerprint density at radius 3 is 2.18 bits per heavy atom. The van der Waals surface area contributed by atoms with Gasteiger partial charge in [0.1, 0.15) is 26.9 Å². The first-order valence-corrected chi connectivity index (χ1v) is 21.8. The number of rotatable bonds is 18. The van der Waals surface area contributed by atoms with E-state index in [0.29, 0.717) is 37.5 Å². The van der Waals surface area contributed by atoms with Gasteiger partial charge < -0.3 is 21.5 Å². The van der Waals surface area contributed by atoms with Crippen LogP contribution in [-0.4, -0.2) is 84.5 Å². The second kappa shape index (κ2) is 19.2. The number of hydrogen-bond acceptors (Lipinski definition) is 19. The van der Waals surface area contributed by atoms with E-state index in [-0.39, 0.29) is 34.2 Å². The highest BCUT2D eigenvalue weighted by molar-refractivity contribution is 8.04. The molecular formula is C28H31N7O15S5. The first kappa shape index (κ1) is 44.6. The molecular weight excluding hydrogens is 835 g/mol. The normalized spacial score (nSPS) is 12.4. The van der Waals surface area contributed by atoms with Crippen LogP contribution in [0.15, 0.2) is 83.7 Å². The molecule has 0 spiro atoms. The van der Waals surface area contributed by atoms with Gasteiger partial charge in [0.15, 0.2) is 15.9 Å². The van der Waals surface area contributed by atoms with Crippen molar-refractivity contribution < 1.29 is 66.1 Å². The molecule has 22 nitrogen and oxygen atoms in total. The largest absolute Gasteiger partial charge is 0.433 e. The third kappa shape index (κ3) is 14.4. The standard InChI is InChI=1S/C28H31N7O15S5/c1-2-48-10-4-13-52(37,38)14-9-31-28(36)18-5-3-6-19(15-18)32-35-27-25(29)22(17-24(26(27)30)54(42,43)44)34-33-21-8-7-20(16-23(21)53(39,40)41)51-12-11-49-50-55(45,46)47/h3,5-8,15-17H,2,4,9-10,13-14,29-30H2,1H3,(H,31,36)(H,39,40,41)(H,42,43,44)(H,45,46,47). The Kier molecular flexibility index (Phi) is 15.6. The molecule has 298 valence electrons. The van der Waals surface area contributed by atoms with Crippen LogP contribution in [0.2, 0.25) is 0 Å². The predicted molar refractivity (Wildman–Crippen MR) is 196 cm³/mol. The Hall–Kier alpha value is -4.76. The van der Waals surface area contributed by atoms with Crippen LogP contribution in [-0.2, 0) is 54.4 Å². The summed E-state index contributed by atoms with van der Waals surface area (Å²) in [5.74, 6) is -1.05. The molecule has 0 aliphatic heterocycles. The van der Waals surface area contributed by atoms with Crippen molar-refractivity contribution in [1.29, 1.82) is 0 Å². The van der Waals surface area contributed by atoms with Gasteiger partial charge in [0.25, 0.3) is 26.1 Å². The number of carbonyl (C=O) groups excluding carboxylic acids is 1. The molecule has 27 heteroatoms. The Morgan fingerprint density at radius 1 is 0.836 bits per heavy atom. The van der Waals surface area contributed by atoms with Gasteiger partial charge in [-0.05, 0) is 71.9 Å². The van der Waals surface area contributed by atoms with Crippen LogP contribution < -0.4 is 16.8 Å². The highest BCUT2D eigenvalue weighted by Crippen LogP contribution is 2.43. The zero-order valence-corrected chi connectivity index (χ0v) is 32.2. The lowest BCUT2D eigenvalue weighted by atomic mass is 10.2. The molecule has 0 unspecified atom stereocenters. The number of nitrogens with two attached hydrogens (primary N) is 2. The van der Waals surface area contributed by atoms with Crippen molar-refractivity contribution in [3.8, 4) is 11.4 Å². The van der Waals surface area contributed by atoms with E-state index in [1.54, 1.807) is 13.0 Å². The second-order valence-electron chi connectivity index (χ2n) is 10.4. The number of ether oxygens (including phenoxy) is 1. The summed E-state index contributed by atoms with van der Waals surface area (Å²) in [6, 6.07) is 9.33. The number of nitrogen functional groups attached to an aromatic ring is 2. The van der Waals surface area contributed by atoms with E-state index in [1.165, 1.54) is 30.3 Å². The Morgan fingerprint density at radius 2 is 1.53 bits per heavy atom. The molecule has 3 aromatic rings. The lowest BCUT2D eigenvalue weighted by Crippen LogP contribution is -2.30. The highest BCUT2D eigenvalue weighted by Gasteiger charge is 2.23. The zero-order valence-electron chi connectivity index (χ0n) is 28.1. The molecule has 3 rings (SSSR count). The first-order chi connectivity index (χ1) is 25.6. The lowest BCUT2D eigenvalue weighted by molar-refractivity contribution is -0.135. The van der Waals surface area contributed by atoms with Crippen LogP contribution in [0, 0.1) is 11.4 Å². The van der Waals surface area contributed by atoms with Crippen molar-refractivity contribution >= 4 is 92.3 Å². The molecule has 0 fully saturated rings. The van der Waals surface area contributed by atoms with Gasteiger partial charge in [-0.2, -0.15) is 30.4 Å². The number of benzene rings is 3. The van der Waals surface area contributed by atoms with Crippen LogP contribution in [0.5, 0.6) is 0 Å². The molecule has 0 saturated heterocycles. The molecule has 3 aromatic carbocycles. The molecule has 0 aliphatic rings. The number of sulfone groups is 1. The maximum atomic E-state index is 12.7. The number of azo groups is 2. The number of thioether (sulfide) groups is 1. The number of nitrogens with one attached hydrogen (secondary N) is 1. The van der Waals surface area contributed by atoms with Crippen LogP contribution in [0.4, 0.5) is 34.1 Å². The van der Waals surface area contributed by atoms with Gasteiger partial charge in [-0.3, -0.25) is 23.3 Å². The molecule has 1 amide bonds. The number of nitrogens with zero attached hydrogens (tertiary/aromatic N) is 4. The van der Waals surface area contributed by atoms with Gasteiger partial charge in [0.2, 0.25) is 0 Å². The highest BCUT2D eigenvalue weighted by atomic mass is 32.3. The van der Waals surface area contributed by atoms with Crippen molar-refractivity contribution in [2.24, 2.45) is 20.5 Å². The third-order valence-electron chi connectivity index (χ3n) is 6.46. The number of amides is 1. The number of anilines is 2. The number of carbonyl (C=O) groups is 1. The molecule has 0 radical (unpaired) electrons. The van der Waals surface area contributed by atoms with Crippen LogP contribution in [0.3, 0.4) is 0 Å². The zero-order chi connectivity index (χ0) is 41.0. The fraction of sp³-hybridized carbons (Fsp3) is 0.250. The quantitative estimate of drug-likeness (QED) is 0.0156. The third-order valence-corrected chi connectivity index (χ3v) is 10.9. The lowest BCUT2D eigenvalue weighted by Gasteiger charge is -2.11. The molecule has 0 saturated carbocycles. The minimum atomic E-state index is -5.07. The van der Waals surface area contributed by atoms with E-state index >= 15 is 0 Å². The fourth-order valence-electron chi connectivity index (χ4n) is 4.04. The monoisotopic (exact) mass is 865 g/mol. The van der Waals surface area contributed by atoms with Gasteiger partial charge in [0, 0.05) is 35.5 Å². The van der Waals surface area contributed by atoms with Crippen molar-refractivity contribution in [2.75, 3.05) is 42.7 Å². The fourth-order valence-corrected chi connectivity index (χ4v) is 7.20. The smallest absolute Gasteiger partial charge is 0.396 e. The average molecular weight is 866 g/mol. The van der Waals surface area contributed by atoms with Crippen LogP contribution in [0.1, 0.15) is 23.7 Å². The predicted octanol–water partition coefficient (Wildman–Crippen LogP) is 3.51. The summed E-state index contributed by atoms with van der Waals surface area (Å²) in [6.45, 7) is 2.36. The number of hydrogen-bond donors (Lipinski definition) is 6. The molecule has 0 atom stereocenters. The summed E-state index contributed by atoms with van der Waals surface area (Å²) in [6.07, 6.45) is 2.05. The summed E-state index contributed by atoms with van der Waals surface area (Å²) in [7, 11) is -18.5. The maximum absolute atomic E-state index is 12.7.